The molecule has 0 aliphatic rings. The fraction of sp³-hybridized carbons (Fsp3) is 1.00. The first-order chi connectivity index (χ1) is 5.84. The topological polar surface area (TPSA) is 29.5 Å². The van der Waals surface area contributed by atoms with Crippen LogP contribution in [0.5, 0.6) is 0 Å². The van der Waals surface area contributed by atoms with E-state index in [4.69, 9.17) is 4.74 Å². The van der Waals surface area contributed by atoms with Crippen molar-refractivity contribution in [1.82, 2.24) is 0 Å². The molecule has 0 aromatic rings. The molecule has 2 nitrogen and oxygen atoms in total. The van der Waals surface area contributed by atoms with Crippen molar-refractivity contribution >= 4 is 0 Å². The van der Waals surface area contributed by atoms with Gasteiger partial charge in [-0.2, -0.15) is 0 Å². The minimum atomic E-state index is -0.366. The number of aliphatic hydroxyl groups is 1. The largest absolute Gasteiger partial charge is 0.390 e. The van der Waals surface area contributed by atoms with Crippen molar-refractivity contribution in [1.29, 1.82) is 0 Å². The maximum Gasteiger partial charge on any atom is 0.0880 e. The van der Waals surface area contributed by atoms with E-state index in [9.17, 15) is 5.11 Å². The van der Waals surface area contributed by atoms with Gasteiger partial charge in [0, 0.05) is 7.11 Å². The highest BCUT2D eigenvalue weighted by atomic mass is 16.5. The average Bonchev–Trinajstić information content (AvgIpc) is 2.01. The predicted octanol–water partition coefficient (Wildman–Crippen LogP) is 2.45. The second-order valence-electron chi connectivity index (χ2n) is 4.90. The Morgan fingerprint density at radius 3 is 2.00 bits per heavy atom. The quantitative estimate of drug-likeness (QED) is 0.734. The zero-order chi connectivity index (χ0) is 10.6. The summed E-state index contributed by atoms with van der Waals surface area (Å²) in [5.74, 6) is 0.296. The van der Waals surface area contributed by atoms with E-state index in [1.54, 1.807) is 7.11 Å². The second-order valence-corrected chi connectivity index (χ2v) is 4.90. The van der Waals surface area contributed by atoms with Gasteiger partial charge in [0.25, 0.3) is 0 Å². The third-order valence-electron chi connectivity index (χ3n) is 2.64. The SMILES string of the molecule is CCC(C)C(O)C(OC)C(C)(C)C. The number of hydrogen-bond acceptors (Lipinski definition) is 2. The van der Waals surface area contributed by atoms with Crippen molar-refractivity contribution in [2.24, 2.45) is 11.3 Å². The van der Waals surface area contributed by atoms with Gasteiger partial charge in [-0.15, -0.1) is 0 Å². The van der Waals surface area contributed by atoms with Gasteiger partial charge >= 0.3 is 0 Å². The minimum absolute atomic E-state index is 0.00238. The van der Waals surface area contributed by atoms with Crippen molar-refractivity contribution < 1.29 is 9.84 Å². The van der Waals surface area contributed by atoms with Crippen LogP contribution in [0, 0.1) is 11.3 Å². The van der Waals surface area contributed by atoms with Crippen LogP contribution in [0.15, 0.2) is 0 Å². The molecule has 0 radical (unpaired) electrons. The number of ether oxygens (including phenoxy) is 1. The predicted molar refractivity (Wildman–Crippen MR) is 55.7 cm³/mol. The highest BCUT2D eigenvalue weighted by Gasteiger charge is 2.33. The Morgan fingerprint density at radius 2 is 1.77 bits per heavy atom. The van der Waals surface area contributed by atoms with Gasteiger partial charge in [0.2, 0.25) is 0 Å². The first-order valence-electron chi connectivity index (χ1n) is 5.05. The molecule has 2 heteroatoms. The summed E-state index contributed by atoms with van der Waals surface area (Å²) in [5, 5.41) is 9.99. The lowest BCUT2D eigenvalue weighted by Gasteiger charge is -2.35. The molecule has 13 heavy (non-hydrogen) atoms. The molecule has 0 aliphatic heterocycles. The summed E-state index contributed by atoms with van der Waals surface area (Å²) in [5.41, 5.74) is -0.00238. The summed E-state index contributed by atoms with van der Waals surface area (Å²) >= 11 is 0. The maximum atomic E-state index is 9.99. The van der Waals surface area contributed by atoms with Crippen LogP contribution in [0.4, 0.5) is 0 Å². The molecule has 0 saturated carbocycles. The van der Waals surface area contributed by atoms with Gasteiger partial charge in [-0.25, -0.2) is 0 Å². The summed E-state index contributed by atoms with van der Waals surface area (Å²) in [6.45, 7) is 10.4. The fourth-order valence-electron chi connectivity index (χ4n) is 1.55. The van der Waals surface area contributed by atoms with Gasteiger partial charge in [-0.3, -0.25) is 0 Å². The third kappa shape index (κ3) is 3.65. The smallest absolute Gasteiger partial charge is 0.0880 e. The highest BCUT2D eigenvalue weighted by molar-refractivity contribution is 4.83. The van der Waals surface area contributed by atoms with E-state index in [-0.39, 0.29) is 17.6 Å². The van der Waals surface area contributed by atoms with E-state index in [0.717, 1.165) is 6.42 Å². The van der Waals surface area contributed by atoms with Gasteiger partial charge < -0.3 is 9.84 Å². The Morgan fingerprint density at radius 1 is 1.31 bits per heavy atom. The second kappa shape index (κ2) is 4.97. The Balaban J connectivity index is 4.40. The molecule has 0 fully saturated rings. The van der Waals surface area contributed by atoms with Crippen molar-refractivity contribution in [2.45, 2.75) is 53.2 Å². The van der Waals surface area contributed by atoms with Gasteiger partial charge in [-0.05, 0) is 11.3 Å². The van der Waals surface area contributed by atoms with Crippen LogP contribution >= 0.6 is 0 Å². The standard InChI is InChI=1S/C11H24O2/c1-7-8(2)9(12)10(13-6)11(3,4)5/h8-10,12H,7H2,1-6H3. The van der Waals surface area contributed by atoms with Gasteiger partial charge in [-0.1, -0.05) is 41.0 Å². The van der Waals surface area contributed by atoms with Crippen LogP contribution in [0.3, 0.4) is 0 Å². The maximum absolute atomic E-state index is 9.99. The third-order valence-corrected chi connectivity index (χ3v) is 2.64. The van der Waals surface area contributed by atoms with Crippen LogP contribution in [0.25, 0.3) is 0 Å². The molecule has 0 saturated heterocycles. The molecular formula is C11H24O2. The van der Waals surface area contributed by atoms with Crippen LogP contribution < -0.4 is 0 Å². The zero-order valence-electron chi connectivity index (χ0n) is 9.79. The van der Waals surface area contributed by atoms with Gasteiger partial charge in [0.1, 0.15) is 0 Å². The Hall–Kier alpha value is -0.0800. The molecule has 80 valence electrons. The average molecular weight is 188 g/mol. The summed E-state index contributed by atoms with van der Waals surface area (Å²) in [4.78, 5) is 0. The van der Waals surface area contributed by atoms with Crippen LogP contribution in [0.2, 0.25) is 0 Å². The number of aliphatic hydroxyl groups excluding tert-OH is 1. The lowest BCUT2D eigenvalue weighted by Crippen LogP contribution is -2.42. The van der Waals surface area contributed by atoms with E-state index in [1.807, 2.05) is 0 Å². The minimum Gasteiger partial charge on any atom is -0.390 e. The summed E-state index contributed by atoms with van der Waals surface area (Å²) in [7, 11) is 1.67. The molecule has 0 aromatic carbocycles. The van der Waals surface area contributed by atoms with Crippen molar-refractivity contribution in [2.75, 3.05) is 7.11 Å². The monoisotopic (exact) mass is 188 g/mol. The number of hydrogen-bond donors (Lipinski definition) is 1. The van der Waals surface area contributed by atoms with Crippen molar-refractivity contribution in [3.05, 3.63) is 0 Å². The molecule has 3 unspecified atom stereocenters. The van der Waals surface area contributed by atoms with Gasteiger partial charge in [0.05, 0.1) is 12.2 Å². The summed E-state index contributed by atoms with van der Waals surface area (Å²) in [6, 6.07) is 0. The lowest BCUT2D eigenvalue weighted by atomic mass is 9.81. The molecule has 0 rings (SSSR count). The fourth-order valence-corrected chi connectivity index (χ4v) is 1.55. The highest BCUT2D eigenvalue weighted by Crippen LogP contribution is 2.28. The summed E-state index contributed by atoms with van der Waals surface area (Å²) in [6.07, 6.45) is 0.536. The number of methoxy groups -OCH3 is 1. The van der Waals surface area contributed by atoms with Crippen LogP contribution in [0.1, 0.15) is 41.0 Å². The van der Waals surface area contributed by atoms with E-state index in [1.165, 1.54) is 0 Å². The van der Waals surface area contributed by atoms with E-state index in [0.29, 0.717) is 5.92 Å². The first-order valence-corrected chi connectivity index (χ1v) is 5.05. The molecule has 0 heterocycles. The van der Waals surface area contributed by atoms with E-state index >= 15 is 0 Å². The molecule has 0 spiro atoms. The van der Waals surface area contributed by atoms with E-state index in [2.05, 4.69) is 34.6 Å². The van der Waals surface area contributed by atoms with E-state index < -0.39 is 0 Å². The van der Waals surface area contributed by atoms with Crippen molar-refractivity contribution in [3.8, 4) is 0 Å². The van der Waals surface area contributed by atoms with Crippen LogP contribution in [-0.2, 0) is 4.74 Å². The van der Waals surface area contributed by atoms with Crippen LogP contribution in [-0.4, -0.2) is 24.4 Å². The molecule has 3 atom stereocenters. The Kier molecular flexibility index (Phi) is 4.93. The molecule has 0 bridgehead atoms. The molecular weight excluding hydrogens is 164 g/mol. The molecule has 0 amide bonds. The molecule has 0 aliphatic carbocycles. The zero-order valence-corrected chi connectivity index (χ0v) is 9.79. The molecule has 0 aromatic heterocycles. The Bertz CT molecular complexity index is 138. The Labute approximate surface area is 82.3 Å². The lowest BCUT2D eigenvalue weighted by molar-refractivity contribution is -0.0905. The van der Waals surface area contributed by atoms with Gasteiger partial charge in [0.15, 0.2) is 0 Å². The summed E-state index contributed by atoms with van der Waals surface area (Å²) < 4.78 is 5.35. The normalized spacial score (nSPS) is 19.6. The molecule has 1 N–H and O–H groups in total. The first kappa shape index (κ1) is 12.9. The number of rotatable bonds is 4. The van der Waals surface area contributed by atoms with Crippen molar-refractivity contribution in [3.63, 3.8) is 0 Å².